The number of aliphatic carboxylic acids is 1. The summed E-state index contributed by atoms with van der Waals surface area (Å²) in [7, 11) is 4.05. The van der Waals surface area contributed by atoms with Gasteiger partial charge in [-0.2, -0.15) is 0 Å². The number of rotatable bonds is 13. The number of hydrogen-bond donors (Lipinski definition) is 3. The molecule has 2 aliphatic rings. The van der Waals surface area contributed by atoms with Gasteiger partial charge in [-0.05, 0) is 34.6 Å². The Morgan fingerprint density at radius 2 is 1.98 bits per heavy atom. The second-order valence-electron chi connectivity index (χ2n) is 10.5. The van der Waals surface area contributed by atoms with Crippen molar-refractivity contribution in [1.82, 2.24) is 10.2 Å². The molecule has 41 heavy (non-hydrogen) atoms. The number of fused-ring (bicyclic) bond motifs is 2. The molecule has 1 fully saturated rings. The largest absolute Gasteiger partial charge is 0.477 e. The first-order valence-electron chi connectivity index (χ1n) is 13.3. The summed E-state index contributed by atoms with van der Waals surface area (Å²) in [6, 6.07) is 13.2. The molecule has 1 saturated heterocycles. The van der Waals surface area contributed by atoms with Gasteiger partial charge in [0.1, 0.15) is 17.1 Å². The molecule has 0 spiro atoms. The van der Waals surface area contributed by atoms with Crippen LogP contribution in [0.2, 0.25) is 0 Å². The first-order chi connectivity index (χ1) is 19.6. The number of thioether (sulfide) groups is 2. The normalized spacial score (nSPS) is 18.8. The van der Waals surface area contributed by atoms with Crippen LogP contribution in [0, 0.1) is 0 Å². The lowest BCUT2D eigenvalue weighted by Crippen LogP contribution is -2.70. The van der Waals surface area contributed by atoms with Gasteiger partial charge in [0.05, 0.1) is 46.1 Å². The smallest absolute Gasteiger partial charge is 0.352 e. The van der Waals surface area contributed by atoms with E-state index in [1.54, 1.807) is 6.08 Å². The average Bonchev–Trinajstić information content (AvgIpc) is 2.96. The van der Waals surface area contributed by atoms with E-state index in [2.05, 4.69) is 5.32 Å². The summed E-state index contributed by atoms with van der Waals surface area (Å²) in [5.74, 6) is -1.73. The molecule has 218 valence electrons. The van der Waals surface area contributed by atoms with Gasteiger partial charge in [-0.25, -0.2) is 4.79 Å². The molecular weight excluding hydrogens is 564 g/mol. The van der Waals surface area contributed by atoms with Crippen molar-refractivity contribution in [3.63, 3.8) is 0 Å². The zero-order valence-corrected chi connectivity index (χ0v) is 24.7. The topological polar surface area (TPSA) is 139 Å². The number of nitrogens with one attached hydrogen (secondary N) is 1. The lowest BCUT2D eigenvalue weighted by Gasteiger charge is -2.49. The van der Waals surface area contributed by atoms with Gasteiger partial charge >= 0.3 is 11.9 Å². The summed E-state index contributed by atoms with van der Waals surface area (Å²) in [4.78, 5) is 51.2. The molecule has 0 aromatic heterocycles. The summed E-state index contributed by atoms with van der Waals surface area (Å²) in [5, 5.41) is 14.5. The van der Waals surface area contributed by atoms with E-state index in [1.807, 2.05) is 62.6 Å². The average molecular weight is 600 g/mol. The predicted octanol–water partition coefficient (Wildman–Crippen LogP) is 2.20. The van der Waals surface area contributed by atoms with E-state index in [0.717, 1.165) is 22.2 Å². The maximum atomic E-state index is 13.0. The number of hydrogen-bond acceptors (Lipinski definition) is 8. The fourth-order valence-corrected chi connectivity index (χ4v) is 6.78. The molecule has 4 N–H and O–H groups in total. The van der Waals surface area contributed by atoms with Crippen LogP contribution < -0.4 is 11.1 Å². The first kappa shape index (κ1) is 30.6. The minimum Gasteiger partial charge on any atom is -0.477 e. The van der Waals surface area contributed by atoms with Crippen LogP contribution in [0.5, 0.6) is 0 Å². The first-order valence-corrected chi connectivity index (χ1v) is 15.3. The molecule has 0 unspecified atom stereocenters. The minimum atomic E-state index is -1.17. The van der Waals surface area contributed by atoms with Gasteiger partial charge in [0.2, 0.25) is 5.91 Å². The molecule has 2 heterocycles. The third kappa shape index (κ3) is 7.70. The van der Waals surface area contributed by atoms with Crippen LogP contribution >= 0.6 is 23.5 Å². The van der Waals surface area contributed by atoms with Gasteiger partial charge < -0.3 is 25.4 Å². The van der Waals surface area contributed by atoms with Crippen molar-refractivity contribution in [3.8, 4) is 0 Å². The van der Waals surface area contributed by atoms with Crippen molar-refractivity contribution < 1.29 is 33.5 Å². The minimum absolute atomic E-state index is 0.0370. The molecule has 2 atom stereocenters. The summed E-state index contributed by atoms with van der Waals surface area (Å²) in [5.41, 5.74) is 5.76. The number of nitrogens with two attached hydrogens (primary N) is 1. The highest BCUT2D eigenvalue weighted by molar-refractivity contribution is 8.00. The molecule has 2 aromatic rings. The predicted molar refractivity (Wildman–Crippen MR) is 160 cm³/mol. The number of carboxylic acids is 1. The summed E-state index contributed by atoms with van der Waals surface area (Å²) >= 11 is 2.83. The van der Waals surface area contributed by atoms with E-state index < -0.39 is 29.3 Å². The SMILES string of the molecule is C[N+](C)(CC=CC1=C(C(=O)O)N2C(=O)[C@@H](NC(=O)CSc3ccc4ccccc4c3)[C@H]2SC1)CCCOC(=O)CN. The number of β-lactam (4-membered cyclic amide) rings is 1. The van der Waals surface area contributed by atoms with Crippen LogP contribution in [0.4, 0.5) is 0 Å². The number of quaternary nitrogens is 1. The van der Waals surface area contributed by atoms with Crippen LogP contribution in [0.15, 0.2) is 70.8 Å². The zero-order valence-electron chi connectivity index (χ0n) is 23.1. The number of carboxylic acid groups (broad SMARTS) is 1. The van der Waals surface area contributed by atoms with Crippen molar-refractivity contribution >= 4 is 58.0 Å². The van der Waals surface area contributed by atoms with E-state index >= 15 is 0 Å². The summed E-state index contributed by atoms with van der Waals surface area (Å²) in [6.07, 6.45) is 4.34. The zero-order chi connectivity index (χ0) is 29.6. The highest BCUT2D eigenvalue weighted by Gasteiger charge is 2.53. The highest BCUT2D eigenvalue weighted by atomic mass is 32.2. The summed E-state index contributed by atoms with van der Waals surface area (Å²) < 4.78 is 5.62. The van der Waals surface area contributed by atoms with Crippen molar-refractivity contribution in [2.45, 2.75) is 22.7 Å². The van der Waals surface area contributed by atoms with Crippen molar-refractivity contribution in [1.29, 1.82) is 0 Å². The number of amides is 2. The molecule has 2 aliphatic heterocycles. The maximum absolute atomic E-state index is 13.0. The molecule has 0 radical (unpaired) electrons. The van der Waals surface area contributed by atoms with Crippen molar-refractivity contribution in [3.05, 3.63) is 65.9 Å². The van der Waals surface area contributed by atoms with Crippen molar-refractivity contribution in [2.75, 3.05) is 51.8 Å². The van der Waals surface area contributed by atoms with Gasteiger partial charge in [0.15, 0.2) is 0 Å². The lowest BCUT2D eigenvalue weighted by atomic mass is 10.0. The van der Waals surface area contributed by atoms with E-state index in [0.29, 0.717) is 35.4 Å². The molecule has 12 heteroatoms. The van der Waals surface area contributed by atoms with E-state index in [-0.39, 0.29) is 23.9 Å². The monoisotopic (exact) mass is 599 g/mol. The molecule has 0 aliphatic carbocycles. The van der Waals surface area contributed by atoms with Crippen LogP contribution in [-0.4, -0.2) is 102 Å². The molecule has 10 nitrogen and oxygen atoms in total. The van der Waals surface area contributed by atoms with E-state index in [1.165, 1.54) is 28.4 Å². The molecule has 4 rings (SSSR count). The number of carbonyl (C=O) groups excluding carboxylic acids is 3. The Balaban J connectivity index is 1.31. The Morgan fingerprint density at radius 3 is 2.71 bits per heavy atom. The lowest BCUT2D eigenvalue weighted by molar-refractivity contribution is -0.884. The number of ether oxygens (including phenoxy) is 1. The summed E-state index contributed by atoms with van der Waals surface area (Å²) in [6.45, 7) is 1.52. The molecule has 0 bridgehead atoms. The fraction of sp³-hybridized carbons (Fsp3) is 0.379. The van der Waals surface area contributed by atoms with Crippen LogP contribution in [0.3, 0.4) is 0 Å². The standard InChI is InChI=1S/C29H34N4O6S2/c1-33(2,13-6-14-39-24(35)16-30)12-5-9-21-17-41-28-25(27(36)32(28)26(21)29(37)38)31-23(34)18-40-22-11-10-19-7-3-4-8-20(19)15-22/h3-5,7-11,15,25,28H,6,12-14,16-18,30H2,1-2H3,(H-,31,34,37,38)/p+1/t25-,28-/m1/s1. The van der Waals surface area contributed by atoms with Gasteiger partial charge in [-0.3, -0.25) is 19.3 Å². The van der Waals surface area contributed by atoms with Crippen LogP contribution in [-0.2, 0) is 23.9 Å². The Hall–Kier alpha value is -3.32. The van der Waals surface area contributed by atoms with Gasteiger partial charge in [-0.1, -0.05) is 36.4 Å². The Bertz CT molecular complexity index is 1390. The van der Waals surface area contributed by atoms with Gasteiger partial charge in [0.25, 0.3) is 5.91 Å². The van der Waals surface area contributed by atoms with Crippen molar-refractivity contribution in [2.24, 2.45) is 5.73 Å². The van der Waals surface area contributed by atoms with Gasteiger partial charge in [-0.15, -0.1) is 23.5 Å². The Kier molecular flexibility index (Phi) is 10.1. The quantitative estimate of drug-likeness (QED) is 0.104. The number of nitrogens with zero attached hydrogens (tertiary/aromatic N) is 2. The number of likely N-dealkylation sites (N-methyl/N-ethyl adjacent to an activating group) is 1. The molecule has 0 saturated carbocycles. The second kappa shape index (κ2) is 13.6. The molecule has 2 aromatic carbocycles. The number of esters is 1. The highest BCUT2D eigenvalue weighted by Crippen LogP contribution is 2.40. The number of benzene rings is 2. The van der Waals surface area contributed by atoms with Crippen LogP contribution in [0.1, 0.15) is 6.42 Å². The van der Waals surface area contributed by atoms with E-state index in [4.69, 9.17) is 10.5 Å². The Morgan fingerprint density at radius 1 is 1.22 bits per heavy atom. The second-order valence-corrected chi connectivity index (χ2v) is 12.6. The number of allylic oxidation sites excluding steroid dienone is 1. The third-order valence-electron chi connectivity index (χ3n) is 6.86. The molecular formula is C29H35N4O6S2+. The molecule has 2 amide bonds. The maximum Gasteiger partial charge on any atom is 0.352 e. The Labute approximate surface area is 247 Å². The van der Waals surface area contributed by atoms with Crippen LogP contribution in [0.25, 0.3) is 10.8 Å². The van der Waals surface area contributed by atoms with Gasteiger partial charge in [0, 0.05) is 17.1 Å². The third-order valence-corrected chi connectivity index (χ3v) is 9.16. The van der Waals surface area contributed by atoms with E-state index in [9.17, 15) is 24.3 Å². The fourth-order valence-electron chi connectivity index (χ4n) is 4.70. The number of carbonyl (C=O) groups is 4.